The molecule has 0 aromatic heterocycles. The van der Waals surface area contributed by atoms with Crippen LogP contribution in [0.3, 0.4) is 0 Å². The van der Waals surface area contributed by atoms with E-state index in [-0.39, 0.29) is 18.4 Å². The van der Waals surface area contributed by atoms with Crippen molar-refractivity contribution < 1.29 is 20.1 Å². The van der Waals surface area contributed by atoms with Crippen LogP contribution in [-0.2, 0) is 6.42 Å². The third-order valence-electron chi connectivity index (χ3n) is 2.03. The largest absolute Gasteiger partial charge is 0.478 e. The molecule has 0 radical (unpaired) electrons. The maximum Gasteiger partial charge on any atom is 0.335 e. The van der Waals surface area contributed by atoms with Gasteiger partial charge in [0.15, 0.2) is 6.29 Å². The molecule has 5 nitrogen and oxygen atoms in total. The number of nitrogens with two attached hydrogens (primary N) is 1. The van der Waals surface area contributed by atoms with Crippen molar-refractivity contribution in [1.82, 2.24) is 0 Å². The van der Waals surface area contributed by atoms with E-state index in [9.17, 15) is 4.79 Å². The predicted molar refractivity (Wildman–Crippen MR) is 54.4 cm³/mol. The van der Waals surface area contributed by atoms with Gasteiger partial charge in [-0.1, -0.05) is 0 Å². The Bertz CT molecular complexity index is 362. The third-order valence-corrected chi connectivity index (χ3v) is 2.03. The van der Waals surface area contributed by atoms with Crippen LogP contribution in [0.25, 0.3) is 0 Å². The quantitative estimate of drug-likeness (QED) is 0.421. The molecule has 0 fully saturated rings. The molecule has 15 heavy (non-hydrogen) atoms. The first kappa shape index (κ1) is 11.5. The summed E-state index contributed by atoms with van der Waals surface area (Å²) in [5.74, 6) is -1.04. The second-order valence-electron chi connectivity index (χ2n) is 3.24. The van der Waals surface area contributed by atoms with E-state index in [4.69, 9.17) is 21.1 Å². The van der Waals surface area contributed by atoms with Crippen LogP contribution >= 0.6 is 0 Å². The molecule has 0 heterocycles. The van der Waals surface area contributed by atoms with Gasteiger partial charge in [0.05, 0.1) is 5.56 Å². The normalized spacial score (nSPS) is 10.6. The molecule has 1 aromatic rings. The van der Waals surface area contributed by atoms with E-state index < -0.39 is 12.3 Å². The second kappa shape index (κ2) is 4.77. The Morgan fingerprint density at radius 3 is 2.60 bits per heavy atom. The Hall–Kier alpha value is -1.59. The summed E-state index contributed by atoms with van der Waals surface area (Å²) in [5.41, 5.74) is 6.63. The highest BCUT2D eigenvalue weighted by atomic mass is 16.5. The summed E-state index contributed by atoms with van der Waals surface area (Å²) in [7, 11) is 0. The molecule has 5 N–H and O–H groups in total. The first-order valence-electron chi connectivity index (χ1n) is 4.48. The summed E-state index contributed by atoms with van der Waals surface area (Å²) in [6.07, 6.45) is -1.08. The maximum absolute atomic E-state index is 10.8. The number of nitrogen functional groups attached to an aromatic ring is 1. The third kappa shape index (κ3) is 3.23. The van der Waals surface area contributed by atoms with Crippen LogP contribution in [0.15, 0.2) is 18.2 Å². The number of anilines is 1. The molecule has 0 unspecified atom stereocenters. The summed E-state index contributed by atoms with van der Waals surface area (Å²) < 4.78 is 0. The lowest BCUT2D eigenvalue weighted by molar-refractivity contribution is -0.0447. The number of hydrogen-bond acceptors (Lipinski definition) is 4. The van der Waals surface area contributed by atoms with E-state index >= 15 is 0 Å². The Morgan fingerprint density at radius 1 is 1.40 bits per heavy atom. The fourth-order valence-corrected chi connectivity index (χ4v) is 1.31. The highest BCUT2D eigenvalue weighted by molar-refractivity contribution is 5.89. The standard InChI is InChI=1S/C10H13NO4/c11-7-2-3-8(10(14)15)6(5-7)1-4-9(12)13/h2-3,5,9,12-13H,1,4,11H2,(H,14,15). The van der Waals surface area contributed by atoms with Crippen molar-refractivity contribution >= 4 is 11.7 Å². The number of carboxylic acid groups (broad SMARTS) is 1. The Labute approximate surface area is 86.8 Å². The van der Waals surface area contributed by atoms with Gasteiger partial charge in [-0.15, -0.1) is 0 Å². The van der Waals surface area contributed by atoms with Gasteiger partial charge in [-0.05, 0) is 30.2 Å². The molecule has 0 saturated heterocycles. The molecule has 0 aliphatic carbocycles. The Kier molecular flexibility index (Phi) is 3.65. The van der Waals surface area contributed by atoms with Gasteiger partial charge in [-0.2, -0.15) is 0 Å². The van der Waals surface area contributed by atoms with Gasteiger partial charge in [0.1, 0.15) is 0 Å². The topological polar surface area (TPSA) is 104 Å². The average molecular weight is 211 g/mol. The first-order valence-corrected chi connectivity index (χ1v) is 4.48. The number of aryl methyl sites for hydroxylation is 1. The van der Waals surface area contributed by atoms with Gasteiger partial charge in [0.25, 0.3) is 0 Å². The molecule has 82 valence electrons. The van der Waals surface area contributed by atoms with Crippen molar-refractivity contribution in [2.75, 3.05) is 5.73 Å². The van der Waals surface area contributed by atoms with Crippen LogP contribution in [0, 0.1) is 0 Å². The fourth-order valence-electron chi connectivity index (χ4n) is 1.31. The summed E-state index contributed by atoms with van der Waals surface area (Å²) in [5, 5.41) is 26.2. The first-order chi connectivity index (χ1) is 7.00. The van der Waals surface area contributed by atoms with E-state index in [2.05, 4.69) is 0 Å². The van der Waals surface area contributed by atoms with Gasteiger partial charge in [0, 0.05) is 12.1 Å². The minimum atomic E-state index is -1.44. The van der Waals surface area contributed by atoms with E-state index in [1.807, 2.05) is 0 Å². The molecule has 1 aromatic carbocycles. The number of rotatable bonds is 4. The highest BCUT2D eigenvalue weighted by Crippen LogP contribution is 2.16. The van der Waals surface area contributed by atoms with Crippen LogP contribution in [0.4, 0.5) is 5.69 Å². The van der Waals surface area contributed by atoms with Gasteiger partial charge >= 0.3 is 5.97 Å². The zero-order valence-electron chi connectivity index (χ0n) is 8.05. The average Bonchev–Trinajstić information content (AvgIpc) is 2.14. The van der Waals surface area contributed by atoms with Crippen molar-refractivity contribution in [3.63, 3.8) is 0 Å². The van der Waals surface area contributed by atoms with Crippen molar-refractivity contribution in [2.24, 2.45) is 0 Å². The Morgan fingerprint density at radius 2 is 2.07 bits per heavy atom. The van der Waals surface area contributed by atoms with Crippen molar-refractivity contribution in [3.8, 4) is 0 Å². The molecule has 0 aliphatic heterocycles. The summed E-state index contributed by atoms with van der Waals surface area (Å²) >= 11 is 0. The van der Waals surface area contributed by atoms with Crippen LogP contribution < -0.4 is 5.73 Å². The molecule has 0 aliphatic rings. The molecule has 0 amide bonds. The lowest BCUT2D eigenvalue weighted by atomic mass is 10.0. The van der Waals surface area contributed by atoms with Crippen LogP contribution in [-0.4, -0.2) is 27.6 Å². The number of aromatic carboxylic acids is 1. The fraction of sp³-hybridized carbons (Fsp3) is 0.300. The zero-order valence-corrected chi connectivity index (χ0v) is 8.05. The molecule has 0 bridgehead atoms. The number of hydrogen-bond donors (Lipinski definition) is 4. The molecular formula is C10H13NO4. The van der Waals surface area contributed by atoms with Crippen LogP contribution in [0.5, 0.6) is 0 Å². The molecule has 0 spiro atoms. The summed E-state index contributed by atoms with van der Waals surface area (Å²) in [4.78, 5) is 10.8. The molecule has 1 rings (SSSR count). The lowest BCUT2D eigenvalue weighted by Crippen LogP contribution is -2.09. The Balaban J connectivity index is 2.92. The molecule has 0 saturated carbocycles. The minimum absolute atomic E-state index is 0.0870. The monoisotopic (exact) mass is 211 g/mol. The number of aliphatic hydroxyl groups excluding tert-OH is 1. The maximum atomic E-state index is 10.8. The summed E-state index contributed by atoms with van der Waals surface area (Å²) in [6, 6.07) is 4.45. The second-order valence-corrected chi connectivity index (χ2v) is 3.24. The van der Waals surface area contributed by atoms with E-state index in [0.29, 0.717) is 11.3 Å². The van der Waals surface area contributed by atoms with E-state index in [1.54, 1.807) is 0 Å². The lowest BCUT2D eigenvalue weighted by Gasteiger charge is -2.08. The molecule has 5 heteroatoms. The van der Waals surface area contributed by atoms with Crippen molar-refractivity contribution in [2.45, 2.75) is 19.1 Å². The molecule has 0 atom stereocenters. The van der Waals surface area contributed by atoms with Crippen molar-refractivity contribution in [3.05, 3.63) is 29.3 Å². The van der Waals surface area contributed by atoms with Crippen molar-refractivity contribution in [1.29, 1.82) is 0 Å². The summed E-state index contributed by atoms with van der Waals surface area (Å²) in [6.45, 7) is 0. The predicted octanol–water partition coefficient (Wildman–Crippen LogP) is 0.210. The minimum Gasteiger partial charge on any atom is -0.478 e. The molecular weight excluding hydrogens is 198 g/mol. The zero-order chi connectivity index (χ0) is 11.4. The van der Waals surface area contributed by atoms with E-state index in [1.165, 1.54) is 18.2 Å². The highest BCUT2D eigenvalue weighted by Gasteiger charge is 2.10. The SMILES string of the molecule is Nc1ccc(C(=O)O)c(CCC(O)O)c1. The number of carbonyl (C=O) groups is 1. The number of benzene rings is 1. The number of carboxylic acids is 1. The van der Waals surface area contributed by atoms with Crippen LogP contribution in [0.1, 0.15) is 22.3 Å². The smallest absolute Gasteiger partial charge is 0.335 e. The van der Waals surface area contributed by atoms with Gasteiger partial charge in [0.2, 0.25) is 0 Å². The van der Waals surface area contributed by atoms with E-state index in [0.717, 1.165) is 0 Å². The number of aliphatic hydroxyl groups is 2. The van der Waals surface area contributed by atoms with Crippen LogP contribution in [0.2, 0.25) is 0 Å². The van der Waals surface area contributed by atoms with Gasteiger partial charge in [-0.25, -0.2) is 4.79 Å². The van der Waals surface area contributed by atoms with Gasteiger partial charge in [-0.3, -0.25) is 0 Å². The van der Waals surface area contributed by atoms with Gasteiger partial charge < -0.3 is 21.1 Å².